The van der Waals surface area contributed by atoms with Crippen LogP contribution in [0, 0.1) is 5.41 Å². The van der Waals surface area contributed by atoms with Crippen molar-refractivity contribution < 1.29 is 0 Å². The van der Waals surface area contributed by atoms with Crippen LogP contribution in [-0.2, 0) is 6.42 Å². The summed E-state index contributed by atoms with van der Waals surface area (Å²) in [5.74, 6) is 0. The third-order valence-electron chi connectivity index (χ3n) is 2.07. The standard InChI is InChI=1S/C11H15N3/c1-11(2,3)7-9-8-13-14-6-4-5-12-10(9)14/h4-6,8H,7H2,1-3H3. The largest absolute Gasteiger partial charge is 0.237 e. The monoisotopic (exact) mass is 189 g/mol. The van der Waals surface area contributed by atoms with Gasteiger partial charge in [0, 0.05) is 18.0 Å². The second-order valence-electron chi connectivity index (χ2n) is 4.80. The van der Waals surface area contributed by atoms with Crippen molar-refractivity contribution in [2.45, 2.75) is 27.2 Å². The third kappa shape index (κ3) is 1.76. The van der Waals surface area contributed by atoms with Crippen LogP contribution in [0.2, 0.25) is 0 Å². The maximum atomic E-state index is 4.33. The molecule has 0 fully saturated rings. The normalized spacial score (nSPS) is 12.2. The summed E-state index contributed by atoms with van der Waals surface area (Å²) < 4.78 is 1.82. The van der Waals surface area contributed by atoms with Gasteiger partial charge in [-0.2, -0.15) is 5.10 Å². The van der Waals surface area contributed by atoms with Crippen LogP contribution in [0.1, 0.15) is 26.3 Å². The summed E-state index contributed by atoms with van der Waals surface area (Å²) in [7, 11) is 0. The molecule has 74 valence electrons. The summed E-state index contributed by atoms with van der Waals surface area (Å²) in [6, 6.07) is 1.89. The van der Waals surface area contributed by atoms with Gasteiger partial charge in [0.2, 0.25) is 0 Å². The molecule has 3 heteroatoms. The van der Waals surface area contributed by atoms with E-state index in [4.69, 9.17) is 0 Å². The summed E-state index contributed by atoms with van der Waals surface area (Å²) in [5, 5.41) is 4.26. The topological polar surface area (TPSA) is 30.2 Å². The lowest BCUT2D eigenvalue weighted by Crippen LogP contribution is -2.09. The fraction of sp³-hybridized carbons (Fsp3) is 0.455. The van der Waals surface area contributed by atoms with Crippen molar-refractivity contribution in [1.82, 2.24) is 14.6 Å². The third-order valence-corrected chi connectivity index (χ3v) is 2.07. The minimum absolute atomic E-state index is 0.279. The van der Waals surface area contributed by atoms with Crippen molar-refractivity contribution in [2.75, 3.05) is 0 Å². The maximum Gasteiger partial charge on any atom is 0.158 e. The second kappa shape index (κ2) is 3.08. The van der Waals surface area contributed by atoms with Gasteiger partial charge in [-0.3, -0.25) is 0 Å². The van der Waals surface area contributed by atoms with Gasteiger partial charge in [0.05, 0.1) is 6.20 Å². The minimum Gasteiger partial charge on any atom is -0.237 e. The quantitative estimate of drug-likeness (QED) is 0.689. The molecular weight excluding hydrogens is 174 g/mol. The molecule has 0 aliphatic carbocycles. The molecule has 0 aliphatic rings. The molecule has 0 saturated heterocycles. The highest BCUT2D eigenvalue weighted by molar-refractivity contribution is 5.45. The van der Waals surface area contributed by atoms with E-state index in [0.29, 0.717) is 0 Å². The predicted octanol–water partition coefficient (Wildman–Crippen LogP) is 2.32. The molecule has 0 N–H and O–H groups in total. The number of nitrogens with zero attached hydrogens (tertiary/aromatic N) is 3. The zero-order chi connectivity index (χ0) is 10.2. The first-order valence-corrected chi connectivity index (χ1v) is 4.83. The lowest BCUT2D eigenvalue weighted by atomic mass is 9.89. The Morgan fingerprint density at radius 3 is 2.86 bits per heavy atom. The Labute approximate surface area is 83.8 Å². The molecule has 0 saturated carbocycles. The number of hydrogen-bond donors (Lipinski definition) is 0. The molecule has 0 atom stereocenters. The summed E-state index contributed by atoms with van der Waals surface area (Å²) >= 11 is 0. The number of hydrogen-bond acceptors (Lipinski definition) is 2. The molecular formula is C11H15N3. The van der Waals surface area contributed by atoms with Gasteiger partial charge in [-0.15, -0.1) is 0 Å². The molecule has 0 aliphatic heterocycles. The van der Waals surface area contributed by atoms with E-state index < -0.39 is 0 Å². The summed E-state index contributed by atoms with van der Waals surface area (Å²) in [6.45, 7) is 6.66. The Balaban J connectivity index is 2.44. The van der Waals surface area contributed by atoms with E-state index in [1.54, 1.807) is 0 Å². The second-order valence-corrected chi connectivity index (χ2v) is 4.80. The summed E-state index contributed by atoms with van der Waals surface area (Å²) in [6.07, 6.45) is 6.65. The van der Waals surface area contributed by atoms with Crippen molar-refractivity contribution in [3.05, 3.63) is 30.2 Å². The molecule has 2 aromatic rings. The van der Waals surface area contributed by atoms with Crippen LogP contribution >= 0.6 is 0 Å². The fourth-order valence-corrected chi connectivity index (χ4v) is 1.57. The first-order valence-electron chi connectivity index (χ1n) is 4.83. The van der Waals surface area contributed by atoms with Crippen LogP contribution in [0.4, 0.5) is 0 Å². The van der Waals surface area contributed by atoms with Gasteiger partial charge in [0.25, 0.3) is 0 Å². The molecule has 2 rings (SSSR count). The average Bonchev–Trinajstić information content (AvgIpc) is 2.47. The van der Waals surface area contributed by atoms with Crippen molar-refractivity contribution in [3.8, 4) is 0 Å². The summed E-state index contributed by atoms with van der Waals surface area (Å²) in [4.78, 5) is 4.33. The lowest BCUT2D eigenvalue weighted by Gasteiger charge is -2.16. The van der Waals surface area contributed by atoms with E-state index in [1.807, 2.05) is 29.2 Å². The van der Waals surface area contributed by atoms with Crippen LogP contribution in [0.3, 0.4) is 0 Å². The highest BCUT2D eigenvalue weighted by Gasteiger charge is 2.14. The van der Waals surface area contributed by atoms with Gasteiger partial charge in [0.15, 0.2) is 5.65 Å². The minimum atomic E-state index is 0.279. The highest BCUT2D eigenvalue weighted by Crippen LogP contribution is 2.22. The SMILES string of the molecule is CC(C)(C)Cc1cnn2cccnc12. The zero-order valence-corrected chi connectivity index (χ0v) is 8.86. The average molecular weight is 189 g/mol. The molecule has 0 radical (unpaired) electrons. The van der Waals surface area contributed by atoms with Gasteiger partial charge < -0.3 is 0 Å². The first-order chi connectivity index (χ1) is 6.56. The van der Waals surface area contributed by atoms with Crippen LogP contribution in [0.15, 0.2) is 24.7 Å². The maximum absolute atomic E-state index is 4.33. The van der Waals surface area contributed by atoms with Crippen molar-refractivity contribution in [3.63, 3.8) is 0 Å². The van der Waals surface area contributed by atoms with Crippen molar-refractivity contribution in [1.29, 1.82) is 0 Å². The molecule has 14 heavy (non-hydrogen) atoms. The predicted molar refractivity (Wildman–Crippen MR) is 56.1 cm³/mol. The van der Waals surface area contributed by atoms with E-state index in [-0.39, 0.29) is 5.41 Å². The van der Waals surface area contributed by atoms with Crippen LogP contribution in [0.5, 0.6) is 0 Å². The number of fused-ring (bicyclic) bond motifs is 1. The molecule has 0 bridgehead atoms. The van der Waals surface area contributed by atoms with Gasteiger partial charge in [-0.05, 0) is 17.9 Å². The molecule has 0 aromatic carbocycles. The Bertz CT molecular complexity index is 437. The van der Waals surface area contributed by atoms with Gasteiger partial charge >= 0.3 is 0 Å². The Morgan fingerprint density at radius 1 is 1.36 bits per heavy atom. The Kier molecular flexibility index (Phi) is 2.02. The van der Waals surface area contributed by atoms with E-state index in [9.17, 15) is 0 Å². The molecule has 0 spiro atoms. The molecule has 0 unspecified atom stereocenters. The van der Waals surface area contributed by atoms with Crippen molar-refractivity contribution >= 4 is 5.65 Å². The molecule has 3 nitrogen and oxygen atoms in total. The molecule has 2 heterocycles. The van der Waals surface area contributed by atoms with Gasteiger partial charge in [-0.1, -0.05) is 20.8 Å². The first kappa shape index (κ1) is 9.19. The van der Waals surface area contributed by atoms with E-state index >= 15 is 0 Å². The Hall–Kier alpha value is -1.38. The highest BCUT2D eigenvalue weighted by atomic mass is 15.2. The lowest BCUT2D eigenvalue weighted by molar-refractivity contribution is 0.412. The number of aromatic nitrogens is 3. The molecule has 2 aromatic heterocycles. The van der Waals surface area contributed by atoms with Crippen molar-refractivity contribution in [2.24, 2.45) is 5.41 Å². The molecule has 0 amide bonds. The number of rotatable bonds is 1. The van der Waals surface area contributed by atoms with E-state index in [1.165, 1.54) is 5.56 Å². The van der Waals surface area contributed by atoms with Gasteiger partial charge in [-0.25, -0.2) is 9.50 Å². The van der Waals surface area contributed by atoms with E-state index in [0.717, 1.165) is 12.1 Å². The summed E-state index contributed by atoms with van der Waals surface area (Å²) in [5.41, 5.74) is 2.47. The Morgan fingerprint density at radius 2 is 2.14 bits per heavy atom. The van der Waals surface area contributed by atoms with Crippen LogP contribution in [0.25, 0.3) is 5.65 Å². The fourth-order valence-electron chi connectivity index (χ4n) is 1.57. The van der Waals surface area contributed by atoms with E-state index in [2.05, 4.69) is 30.9 Å². The van der Waals surface area contributed by atoms with Gasteiger partial charge in [0.1, 0.15) is 0 Å². The smallest absolute Gasteiger partial charge is 0.158 e. The van der Waals surface area contributed by atoms with Crippen LogP contribution < -0.4 is 0 Å². The van der Waals surface area contributed by atoms with Crippen LogP contribution in [-0.4, -0.2) is 14.6 Å². The zero-order valence-electron chi connectivity index (χ0n) is 8.86.